The van der Waals surface area contributed by atoms with Crippen LogP contribution in [0.15, 0.2) is 0 Å². The van der Waals surface area contributed by atoms with E-state index >= 15 is 0 Å². The van der Waals surface area contributed by atoms with Crippen molar-refractivity contribution >= 4 is 74.4 Å². The van der Waals surface area contributed by atoms with E-state index in [-0.39, 0.29) is 68.5 Å². The Morgan fingerprint density at radius 1 is 1.75 bits per heavy atom. The van der Waals surface area contributed by atoms with Gasteiger partial charge in [0.15, 0.2) is 0 Å². The van der Waals surface area contributed by atoms with Gasteiger partial charge in [-0.05, 0) is 0 Å². The predicted molar refractivity (Wildman–Crippen MR) is 29.4 cm³/mol. The van der Waals surface area contributed by atoms with Crippen LogP contribution < -0.4 is 0 Å². The van der Waals surface area contributed by atoms with Gasteiger partial charge in [0.1, 0.15) is 6.42 Å². The molecule has 0 saturated carbocycles. The van der Waals surface area contributed by atoms with E-state index in [2.05, 4.69) is 0 Å². The standard InChI is InChI=1S/C3H3NO2.K.Se/c4-2-1-3(5)6;;/h1H2,(H,5,6);;. The fourth-order valence-electron chi connectivity index (χ4n) is 0.0676. The van der Waals surface area contributed by atoms with Crippen molar-refractivity contribution in [3.05, 3.63) is 0 Å². The molecule has 0 aliphatic heterocycles. The van der Waals surface area contributed by atoms with Crippen LogP contribution in [0.1, 0.15) is 6.42 Å². The summed E-state index contributed by atoms with van der Waals surface area (Å²) in [6.45, 7) is 0. The second kappa shape index (κ2) is 11.0. The molecule has 0 aliphatic rings. The number of rotatable bonds is 1. The third-order valence-electron chi connectivity index (χ3n) is 0.230. The molecule has 0 spiro atoms. The number of hydrogen-bond donors (Lipinski definition) is 1. The third kappa shape index (κ3) is 15.7. The van der Waals surface area contributed by atoms with Gasteiger partial charge in [-0.1, -0.05) is 0 Å². The van der Waals surface area contributed by atoms with Crippen molar-refractivity contribution in [3.63, 3.8) is 0 Å². The van der Waals surface area contributed by atoms with Crippen LogP contribution in [-0.2, 0) is 4.79 Å². The van der Waals surface area contributed by atoms with Crippen LogP contribution in [0.5, 0.6) is 0 Å². The zero-order valence-electron chi connectivity index (χ0n) is 4.42. The molecule has 0 aliphatic carbocycles. The first-order valence-corrected chi connectivity index (χ1v) is 1.36. The summed E-state index contributed by atoms with van der Waals surface area (Å²) < 4.78 is 0. The molecule has 0 saturated heterocycles. The molecule has 0 unspecified atom stereocenters. The summed E-state index contributed by atoms with van der Waals surface area (Å²) in [6.07, 6.45) is -0.403. The predicted octanol–water partition coefficient (Wildman–Crippen LogP) is -0.777. The zero-order valence-corrected chi connectivity index (χ0v) is 9.25. The van der Waals surface area contributed by atoms with E-state index in [9.17, 15) is 4.79 Å². The minimum Gasteiger partial charge on any atom is -0.480 e. The Bertz CT molecular complexity index is 99.9. The van der Waals surface area contributed by atoms with Crippen molar-refractivity contribution in [2.45, 2.75) is 6.42 Å². The maximum atomic E-state index is 9.38. The summed E-state index contributed by atoms with van der Waals surface area (Å²) in [5, 5.41) is 15.3. The van der Waals surface area contributed by atoms with E-state index in [1.165, 1.54) is 6.07 Å². The first-order chi connectivity index (χ1) is 2.77. The Kier molecular flexibility index (Phi) is 22.0. The molecule has 0 rings (SSSR count). The van der Waals surface area contributed by atoms with E-state index in [1.807, 2.05) is 0 Å². The van der Waals surface area contributed by atoms with Crippen LogP contribution in [0.3, 0.4) is 0 Å². The molecule has 3 radical (unpaired) electrons. The third-order valence-corrected chi connectivity index (χ3v) is 0.230. The molecule has 0 heterocycles. The van der Waals surface area contributed by atoms with Gasteiger partial charge in [0.2, 0.25) is 0 Å². The fraction of sp³-hybridized carbons (Fsp3) is 0.333. The van der Waals surface area contributed by atoms with Gasteiger partial charge in [-0.25, -0.2) is 0 Å². The number of carboxylic acid groups (broad SMARTS) is 1. The number of hydrogen-bond acceptors (Lipinski definition) is 2. The average molecular weight is 203 g/mol. The van der Waals surface area contributed by atoms with Gasteiger partial charge >= 0.3 is 5.97 Å². The molecule has 0 fully saturated rings. The van der Waals surface area contributed by atoms with Crippen LogP contribution in [0.4, 0.5) is 0 Å². The fourth-order valence-corrected chi connectivity index (χ4v) is 0.0676. The van der Waals surface area contributed by atoms with Crippen molar-refractivity contribution in [1.29, 1.82) is 5.26 Å². The SMILES string of the molecule is N#CCC(=O)O.[K].[Se]. The summed E-state index contributed by atoms with van der Waals surface area (Å²) in [6, 6.07) is 1.47. The molecule has 1 N–H and O–H groups in total. The first-order valence-electron chi connectivity index (χ1n) is 1.36. The number of aliphatic carboxylic acids is 1. The first kappa shape index (κ1) is 16.1. The monoisotopic (exact) mass is 204 g/mol. The molecule has 0 aromatic rings. The number of nitrogens with zero attached hydrogens (tertiary/aromatic N) is 1. The second-order valence-electron chi connectivity index (χ2n) is 0.729. The van der Waals surface area contributed by atoms with E-state index in [1.54, 1.807) is 0 Å². The Balaban J connectivity index is -0.000000125. The van der Waals surface area contributed by atoms with Gasteiger partial charge in [-0.3, -0.25) is 4.79 Å². The normalized spacial score (nSPS) is 4.88. The summed E-state index contributed by atoms with van der Waals surface area (Å²) in [4.78, 5) is 9.38. The Hall–Kier alpha value is 1.12. The van der Waals surface area contributed by atoms with E-state index in [0.717, 1.165) is 0 Å². The number of carboxylic acids is 1. The average Bonchev–Trinajstić information content (AvgIpc) is 1.35. The molecule has 5 heteroatoms. The van der Waals surface area contributed by atoms with Gasteiger partial charge in [0.05, 0.1) is 6.07 Å². The van der Waals surface area contributed by atoms with Crippen LogP contribution >= 0.6 is 0 Å². The Labute approximate surface area is 100 Å². The molecule has 0 aromatic carbocycles. The van der Waals surface area contributed by atoms with Gasteiger partial charge in [-0.2, -0.15) is 5.26 Å². The van der Waals surface area contributed by atoms with Gasteiger partial charge in [-0.15, -0.1) is 0 Å². The molecule has 39 valence electrons. The number of carbonyl (C=O) groups is 1. The summed E-state index contributed by atoms with van der Waals surface area (Å²) in [7, 11) is 0. The summed E-state index contributed by atoms with van der Waals surface area (Å²) >= 11 is 0. The molecule has 0 bridgehead atoms. The van der Waals surface area contributed by atoms with E-state index < -0.39 is 12.4 Å². The van der Waals surface area contributed by atoms with E-state index in [4.69, 9.17) is 10.4 Å². The molecule has 3 nitrogen and oxygen atoms in total. The zero-order chi connectivity index (χ0) is 4.99. The van der Waals surface area contributed by atoms with Crippen molar-refractivity contribution in [2.24, 2.45) is 0 Å². The molecule has 0 aromatic heterocycles. The largest absolute Gasteiger partial charge is 0.480 e. The van der Waals surface area contributed by atoms with Crippen LogP contribution in [0.2, 0.25) is 0 Å². The summed E-state index contributed by atoms with van der Waals surface area (Å²) in [5.74, 6) is -1.07. The van der Waals surface area contributed by atoms with Crippen LogP contribution in [0.25, 0.3) is 0 Å². The van der Waals surface area contributed by atoms with Crippen molar-refractivity contribution in [1.82, 2.24) is 0 Å². The minimum absolute atomic E-state index is 0. The van der Waals surface area contributed by atoms with Gasteiger partial charge in [0, 0.05) is 68.5 Å². The van der Waals surface area contributed by atoms with Crippen molar-refractivity contribution < 1.29 is 9.90 Å². The maximum Gasteiger partial charge on any atom is 0.317 e. The molecule has 8 heavy (non-hydrogen) atoms. The molecule has 0 amide bonds. The second-order valence-corrected chi connectivity index (χ2v) is 0.729. The van der Waals surface area contributed by atoms with Gasteiger partial charge < -0.3 is 5.11 Å². The van der Waals surface area contributed by atoms with Crippen LogP contribution in [-0.4, -0.2) is 79.5 Å². The topological polar surface area (TPSA) is 61.1 Å². The van der Waals surface area contributed by atoms with Crippen molar-refractivity contribution in [3.8, 4) is 6.07 Å². The summed E-state index contributed by atoms with van der Waals surface area (Å²) in [5.41, 5.74) is 0. The molecular weight excluding hydrogens is 200 g/mol. The Morgan fingerprint density at radius 2 is 2.12 bits per heavy atom. The van der Waals surface area contributed by atoms with E-state index in [0.29, 0.717) is 0 Å². The van der Waals surface area contributed by atoms with Gasteiger partial charge in [0.25, 0.3) is 0 Å². The van der Waals surface area contributed by atoms with Crippen molar-refractivity contribution in [2.75, 3.05) is 0 Å². The van der Waals surface area contributed by atoms with Crippen LogP contribution in [0, 0.1) is 11.3 Å². The molecule has 0 atom stereocenters. The number of nitriles is 1. The molecular formula is C3H3KNO2Se. The Morgan fingerprint density at radius 3 is 2.12 bits per heavy atom. The quantitative estimate of drug-likeness (QED) is 0.569. The maximum absolute atomic E-state index is 9.38. The minimum atomic E-state index is -1.07. The smallest absolute Gasteiger partial charge is 0.317 e.